The summed E-state index contributed by atoms with van der Waals surface area (Å²) >= 11 is 5.65. The van der Waals surface area contributed by atoms with Gasteiger partial charge in [0.25, 0.3) is 0 Å². The highest BCUT2D eigenvalue weighted by Crippen LogP contribution is 2.20. The van der Waals surface area contributed by atoms with E-state index in [1.54, 1.807) is 12.1 Å². The number of allylic oxidation sites excluding steroid dienone is 1. The Labute approximate surface area is 89.4 Å². The van der Waals surface area contributed by atoms with E-state index in [0.29, 0.717) is 0 Å². The third kappa shape index (κ3) is 3.51. The van der Waals surface area contributed by atoms with Gasteiger partial charge >= 0.3 is 0 Å². The molecule has 0 radical (unpaired) electrons. The maximum absolute atomic E-state index is 12.8. The SMILES string of the molecule is CC(C)(C)/C=C/c1ccc(F)c(Cl)c1. The highest BCUT2D eigenvalue weighted by molar-refractivity contribution is 6.30. The first kappa shape index (κ1) is 11.3. The van der Waals surface area contributed by atoms with Crippen LogP contribution in [0.5, 0.6) is 0 Å². The summed E-state index contributed by atoms with van der Waals surface area (Å²) in [5.41, 5.74) is 1.05. The third-order valence-corrected chi connectivity index (χ3v) is 2.01. The minimum absolute atomic E-state index is 0.126. The van der Waals surface area contributed by atoms with Crippen molar-refractivity contribution in [3.05, 3.63) is 40.7 Å². The summed E-state index contributed by atoms with van der Waals surface area (Å²) in [6.07, 6.45) is 4.02. The summed E-state index contributed by atoms with van der Waals surface area (Å²) in [4.78, 5) is 0. The molecule has 0 bridgehead atoms. The first-order chi connectivity index (χ1) is 6.38. The lowest BCUT2D eigenvalue weighted by molar-refractivity contribution is 0.547. The molecule has 0 aromatic heterocycles. The zero-order valence-corrected chi connectivity index (χ0v) is 9.40. The van der Waals surface area contributed by atoms with Crippen molar-refractivity contribution in [2.45, 2.75) is 20.8 Å². The Morgan fingerprint density at radius 2 is 1.93 bits per heavy atom. The molecule has 0 heterocycles. The summed E-state index contributed by atoms with van der Waals surface area (Å²) in [5, 5.41) is 0.168. The van der Waals surface area contributed by atoms with Crippen LogP contribution in [0, 0.1) is 11.2 Å². The quantitative estimate of drug-likeness (QED) is 0.641. The van der Waals surface area contributed by atoms with Gasteiger partial charge in [-0.05, 0) is 23.1 Å². The Hall–Kier alpha value is -0.820. The molecular weight excluding hydrogens is 199 g/mol. The number of hydrogen-bond acceptors (Lipinski definition) is 0. The molecule has 76 valence electrons. The zero-order valence-electron chi connectivity index (χ0n) is 8.64. The maximum atomic E-state index is 12.8. The van der Waals surface area contributed by atoms with Crippen LogP contribution in [0.2, 0.25) is 5.02 Å². The Balaban J connectivity index is 2.89. The molecule has 1 aromatic rings. The molecule has 0 saturated carbocycles. The summed E-state index contributed by atoms with van der Waals surface area (Å²) in [6, 6.07) is 4.72. The zero-order chi connectivity index (χ0) is 10.8. The molecular formula is C12H14ClF. The molecule has 0 nitrogen and oxygen atoms in total. The van der Waals surface area contributed by atoms with Crippen molar-refractivity contribution < 1.29 is 4.39 Å². The van der Waals surface area contributed by atoms with Crippen LogP contribution in [-0.4, -0.2) is 0 Å². The molecule has 14 heavy (non-hydrogen) atoms. The van der Waals surface area contributed by atoms with Crippen LogP contribution >= 0.6 is 11.6 Å². The Morgan fingerprint density at radius 3 is 2.43 bits per heavy atom. The maximum Gasteiger partial charge on any atom is 0.141 e. The molecule has 0 aliphatic heterocycles. The van der Waals surface area contributed by atoms with Crippen LogP contribution in [0.1, 0.15) is 26.3 Å². The lowest BCUT2D eigenvalue weighted by atomic mass is 9.95. The van der Waals surface area contributed by atoms with Crippen LogP contribution in [0.15, 0.2) is 24.3 Å². The van der Waals surface area contributed by atoms with Crippen LogP contribution in [0.25, 0.3) is 6.08 Å². The minimum atomic E-state index is -0.375. The van der Waals surface area contributed by atoms with Crippen molar-refractivity contribution in [3.63, 3.8) is 0 Å². The highest BCUT2D eigenvalue weighted by Gasteiger charge is 2.04. The predicted octanol–water partition coefficient (Wildman–Crippen LogP) is 4.54. The molecule has 0 unspecified atom stereocenters. The molecule has 0 atom stereocenters. The van der Waals surface area contributed by atoms with E-state index in [1.165, 1.54) is 6.07 Å². The summed E-state index contributed by atoms with van der Waals surface area (Å²) < 4.78 is 12.8. The molecule has 1 rings (SSSR count). The number of hydrogen-bond donors (Lipinski definition) is 0. The second kappa shape index (κ2) is 4.14. The van der Waals surface area contributed by atoms with E-state index in [-0.39, 0.29) is 16.3 Å². The van der Waals surface area contributed by atoms with Gasteiger partial charge < -0.3 is 0 Å². The number of rotatable bonds is 1. The van der Waals surface area contributed by atoms with E-state index in [0.717, 1.165) is 5.56 Å². The lowest BCUT2D eigenvalue weighted by Gasteiger charge is -2.10. The Kier molecular flexibility index (Phi) is 3.33. The molecule has 0 aliphatic rings. The lowest BCUT2D eigenvalue weighted by Crippen LogP contribution is -1.97. The van der Waals surface area contributed by atoms with E-state index in [4.69, 9.17) is 11.6 Å². The molecule has 0 spiro atoms. The Morgan fingerprint density at radius 1 is 1.29 bits per heavy atom. The highest BCUT2D eigenvalue weighted by atomic mass is 35.5. The van der Waals surface area contributed by atoms with Gasteiger partial charge in [0, 0.05) is 0 Å². The molecule has 2 heteroatoms. The van der Waals surface area contributed by atoms with E-state index >= 15 is 0 Å². The van der Waals surface area contributed by atoms with E-state index in [2.05, 4.69) is 26.8 Å². The van der Waals surface area contributed by atoms with Gasteiger partial charge in [0.15, 0.2) is 0 Å². The second-order valence-electron chi connectivity index (χ2n) is 4.37. The minimum Gasteiger partial charge on any atom is -0.205 e. The average molecular weight is 213 g/mol. The van der Waals surface area contributed by atoms with E-state index < -0.39 is 0 Å². The second-order valence-corrected chi connectivity index (χ2v) is 4.78. The van der Waals surface area contributed by atoms with Crippen molar-refractivity contribution in [1.29, 1.82) is 0 Å². The number of halogens is 2. The fraction of sp³-hybridized carbons (Fsp3) is 0.333. The fourth-order valence-electron chi connectivity index (χ4n) is 0.962. The molecule has 1 aromatic carbocycles. The Bertz CT molecular complexity index is 348. The molecule has 0 N–H and O–H groups in total. The van der Waals surface area contributed by atoms with Crippen molar-refractivity contribution in [2.24, 2.45) is 5.41 Å². The van der Waals surface area contributed by atoms with Crippen molar-refractivity contribution in [2.75, 3.05) is 0 Å². The van der Waals surface area contributed by atoms with Crippen molar-refractivity contribution >= 4 is 17.7 Å². The van der Waals surface area contributed by atoms with Crippen molar-refractivity contribution in [3.8, 4) is 0 Å². The average Bonchev–Trinajstić information content (AvgIpc) is 2.06. The molecule has 0 aliphatic carbocycles. The van der Waals surface area contributed by atoms with Gasteiger partial charge in [0.2, 0.25) is 0 Å². The molecule has 0 saturated heterocycles. The topological polar surface area (TPSA) is 0 Å². The fourth-order valence-corrected chi connectivity index (χ4v) is 1.15. The van der Waals surface area contributed by atoms with Gasteiger partial charge in [-0.1, -0.05) is 50.6 Å². The van der Waals surface area contributed by atoms with Crippen LogP contribution in [0.4, 0.5) is 4.39 Å². The van der Waals surface area contributed by atoms with Gasteiger partial charge in [-0.25, -0.2) is 4.39 Å². The van der Waals surface area contributed by atoms with Gasteiger partial charge in [-0.2, -0.15) is 0 Å². The van der Waals surface area contributed by atoms with Crippen LogP contribution in [-0.2, 0) is 0 Å². The van der Waals surface area contributed by atoms with E-state index in [1.807, 2.05) is 6.08 Å². The standard InChI is InChI=1S/C12H14ClF/c1-12(2,3)7-6-9-4-5-11(14)10(13)8-9/h4-8H,1-3H3/b7-6+. The summed E-state index contributed by atoms with van der Waals surface area (Å²) in [6.45, 7) is 6.32. The van der Waals surface area contributed by atoms with Crippen LogP contribution < -0.4 is 0 Å². The van der Waals surface area contributed by atoms with Gasteiger partial charge in [-0.15, -0.1) is 0 Å². The normalized spacial score (nSPS) is 12.4. The van der Waals surface area contributed by atoms with E-state index in [9.17, 15) is 4.39 Å². The van der Waals surface area contributed by atoms with Crippen LogP contribution in [0.3, 0.4) is 0 Å². The monoisotopic (exact) mass is 212 g/mol. The van der Waals surface area contributed by atoms with Gasteiger partial charge in [0.1, 0.15) is 5.82 Å². The smallest absolute Gasteiger partial charge is 0.141 e. The summed E-state index contributed by atoms with van der Waals surface area (Å²) in [5.74, 6) is -0.375. The van der Waals surface area contributed by atoms with Gasteiger partial charge in [-0.3, -0.25) is 0 Å². The third-order valence-electron chi connectivity index (χ3n) is 1.72. The van der Waals surface area contributed by atoms with Crippen molar-refractivity contribution in [1.82, 2.24) is 0 Å². The molecule has 0 fully saturated rings. The summed E-state index contributed by atoms with van der Waals surface area (Å²) in [7, 11) is 0. The number of benzene rings is 1. The first-order valence-electron chi connectivity index (χ1n) is 4.53. The largest absolute Gasteiger partial charge is 0.205 e. The first-order valence-corrected chi connectivity index (χ1v) is 4.90. The van der Waals surface area contributed by atoms with Gasteiger partial charge in [0.05, 0.1) is 5.02 Å². The predicted molar refractivity (Wildman–Crippen MR) is 59.9 cm³/mol. The molecule has 0 amide bonds.